The number of nitrogens with zero attached hydrogens (tertiary/aromatic N) is 4. The van der Waals surface area contributed by atoms with Gasteiger partial charge in [0.15, 0.2) is 0 Å². The molecule has 6 atom stereocenters. The molecule has 0 saturated carbocycles. The lowest BCUT2D eigenvalue weighted by molar-refractivity contribution is -0.137. The number of nitrogens with one attached hydrogen (secondary N) is 4. The van der Waals surface area contributed by atoms with Crippen LogP contribution in [0.5, 0.6) is 5.75 Å². The van der Waals surface area contributed by atoms with Crippen molar-refractivity contribution >= 4 is 45.6 Å². The third kappa shape index (κ3) is 7.93. The quantitative estimate of drug-likeness (QED) is 0.102. The van der Waals surface area contributed by atoms with Crippen molar-refractivity contribution in [3.8, 4) is 28.1 Å². The SMILES string of the molecule is COCC1CC(c2nc3c(ccc4cc5c(cc43)OCc3cc(-c4cnc(C6CCC(C)N6C(=O)C(NC(=O)OC)C(C)C)[nH]4)ccc3-5)[nH]2)N(C(=O)C(NC(C)=O)c2ccccc2)C1. The van der Waals surface area contributed by atoms with E-state index in [0.29, 0.717) is 43.4 Å². The lowest BCUT2D eigenvalue weighted by Crippen LogP contribution is -2.52. The number of carbonyl (C=O) groups is 4. The maximum Gasteiger partial charge on any atom is 0.407 e. The summed E-state index contributed by atoms with van der Waals surface area (Å²) in [5.41, 5.74) is 7.23. The van der Waals surface area contributed by atoms with Gasteiger partial charge in [0.2, 0.25) is 17.7 Å². The number of hydrogen-bond donors (Lipinski definition) is 4. The topological polar surface area (TPSA) is 184 Å². The van der Waals surface area contributed by atoms with Crippen LogP contribution < -0.4 is 15.4 Å². The van der Waals surface area contributed by atoms with E-state index in [-0.39, 0.29) is 47.7 Å². The van der Waals surface area contributed by atoms with Crippen molar-refractivity contribution in [2.45, 2.75) is 83.8 Å². The Morgan fingerprint density at radius 1 is 0.906 bits per heavy atom. The van der Waals surface area contributed by atoms with E-state index in [1.54, 1.807) is 7.11 Å². The summed E-state index contributed by atoms with van der Waals surface area (Å²) in [5, 5.41) is 7.55. The molecule has 6 aromatic rings. The van der Waals surface area contributed by atoms with Gasteiger partial charge in [-0.2, -0.15) is 0 Å². The highest BCUT2D eigenvalue weighted by Crippen LogP contribution is 2.44. The number of fused-ring (bicyclic) bond motifs is 6. The predicted octanol–water partition coefficient (Wildman–Crippen LogP) is 7.51. The first-order valence-electron chi connectivity index (χ1n) is 22.0. The average molecular weight is 867 g/mol. The number of carbonyl (C=O) groups excluding carboxylic acids is 4. The molecule has 6 unspecified atom stereocenters. The summed E-state index contributed by atoms with van der Waals surface area (Å²) in [5.74, 6) is 1.47. The van der Waals surface area contributed by atoms with Gasteiger partial charge in [-0.1, -0.05) is 62.4 Å². The number of imidazole rings is 2. The number of alkyl carbamates (subject to hydrolysis) is 1. The maximum absolute atomic E-state index is 14.4. The first kappa shape index (κ1) is 42.6. The zero-order chi connectivity index (χ0) is 44.8. The molecule has 9 rings (SSSR count). The second-order valence-corrected chi connectivity index (χ2v) is 17.6. The minimum absolute atomic E-state index is 0.0208. The summed E-state index contributed by atoms with van der Waals surface area (Å²) in [6.07, 6.45) is 3.40. The number of rotatable bonds is 11. The number of methoxy groups -OCH3 is 2. The number of aromatic nitrogens is 4. The van der Waals surface area contributed by atoms with Gasteiger partial charge in [-0.15, -0.1) is 0 Å². The number of H-pyrrole nitrogens is 2. The number of likely N-dealkylation sites (tertiary alicyclic amines) is 2. The third-order valence-electron chi connectivity index (χ3n) is 13.0. The van der Waals surface area contributed by atoms with E-state index in [0.717, 1.165) is 68.3 Å². The predicted molar refractivity (Wildman–Crippen MR) is 241 cm³/mol. The first-order chi connectivity index (χ1) is 30.9. The summed E-state index contributed by atoms with van der Waals surface area (Å²) in [6, 6.07) is 21.8. The summed E-state index contributed by atoms with van der Waals surface area (Å²) < 4.78 is 16.8. The Hall–Kier alpha value is -6.74. The molecule has 3 aliphatic heterocycles. The van der Waals surface area contributed by atoms with Crippen LogP contribution in [0, 0.1) is 11.8 Å². The fourth-order valence-electron chi connectivity index (χ4n) is 9.85. The van der Waals surface area contributed by atoms with E-state index in [2.05, 4.69) is 57.0 Å². The Morgan fingerprint density at radius 2 is 1.72 bits per heavy atom. The molecule has 0 spiro atoms. The van der Waals surface area contributed by atoms with Crippen LogP contribution in [0.2, 0.25) is 0 Å². The molecule has 5 heterocycles. The molecule has 2 aromatic heterocycles. The molecule has 4 amide bonds. The highest BCUT2D eigenvalue weighted by molar-refractivity contribution is 6.07. The van der Waals surface area contributed by atoms with Crippen LogP contribution in [0.15, 0.2) is 79.0 Å². The molecule has 2 saturated heterocycles. The summed E-state index contributed by atoms with van der Waals surface area (Å²) in [4.78, 5) is 73.4. The van der Waals surface area contributed by atoms with E-state index in [1.807, 2.05) is 73.2 Å². The molecule has 4 aromatic carbocycles. The third-order valence-corrected chi connectivity index (χ3v) is 13.0. The molecule has 3 aliphatic rings. The lowest BCUT2D eigenvalue weighted by atomic mass is 9.92. The Labute approximate surface area is 371 Å². The lowest BCUT2D eigenvalue weighted by Gasteiger charge is -2.32. The monoisotopic (exact) mass is 866 g/mol. The molecular weight excluding hydrogens is 813 g/mol. The summed E-state index contributed by atoms with van der Waals surface area (Å²) >= 11 is 0. The smallest absolute Gasteiger partial charge is 0.407 e. The summed E-state index contributed by atoms with van der Waals surface area (Å²) in [6.45, 7) is 8.60. The summed E-state index contributed by atoms with van der Waals surface area (Å²) in [7, 11) is 2.96. The Bertz CT molecular complexity index is 2750. The van der Waals surface area contributed by atoms with Crippen LogP contribution in [-0.2, 0) is 30.5 Å². The van der Waals surface area contributed by atoms with Crippen molar-refractivity contribution in [3.63, 3.8) is 0 Å². The van der Waals surface area contributed by atoms with Gasteiger partial charge in [0.25, 0.3) is 0 Å². The van der Waals surface area contributed by atoms with E-state index >= 15 is 0 Å². The zero-order valence-electron chi connectivity index (χ0n) is 36.9. The van der Waals surface area contributed by atoms with Crippen molar-refractivity contribution in [3.05, 3.63) is 102 Å². The van der Waals surface area contributed by atoms with Crippen LogP contribution in [0.1, 0.15) is 87.9 Å². The van der Waals surface area contributed by atoms with Gasteiger partial charge in [-0.3, -0.25) is 14.4 Å². The largest absolute Gasteiger partial charge is 0.488 e. The second-order valence-electron chi connectivity index (χ2n) is 17.6. The van der Waals surface area contributed by atoms with Gasteiger partial charge in [-0.05, 0) is 84.0 Å². The van der Waals surface area contributed by atoms with Crippen molar-refractivity contribution in [2.24, 2.45) is 11.8 Å². The molecular formula is C49H54N8O7. The van der Waals surface area contributed by atoms with E-state index in [9.17, 15) is 19.2 Å². The minimum Gasteiger partial charge on any atom is -0.488 e. The van der Waals surface area contributed by atoms with Gasteiger partial charge < -0.3 is 44.6 Å². The minimum atomic E-state index is -0.835. The molecule has 0 bridgehead atoms. The highest BCUT2D eigenvalue weighted by Gasteiger charge is 2.43. The number of aromatic amines is 2. The number of ether oxygens (including phenoxy) is 3. The molecule has 0 radical (unpaired) electrons. The van der Waals surface area contributed by atoms with E-state index in [1.165, 1.54) is 14.0 Å². The molecule has 0 aliphatic carbocycles. The van der Waals surface area contributed by atoms with Crippen LogP contribution in [0.25, 0.3) is 44.2 Å². The van der Waals surface area contributed by atoms with Gasteiger partial charge >= 0.3 is 6.09 Å². The molecule has 4 N–H and O–H groups in total. The fraction of sp³-hybridized carbons (Fsp3) is 0.388. The molecule has 15 nitrogen and oxygen atoms in total. The number of hydrogen-bond acceptors (Lipinski definition) is 9. The van der Waals surface area contributed by atoms with Crippen LogP contribution in [0.3, 0.4) is 0 Å². The molecule has 15 heteroatoms. The number of benzene rings is 4. The Kier molecular flexibility index (Phi) is 11.6. The van der Waals surface area contributed by atoms with Crippen molar-refractivity contribution in [1.29, 1.82) is 0 Å². The van der Waals surface area contributed by atoms with Crippen molar-refractivity contribution < 1.29 is 33.4 Å². The van der Waals surface area contributed by atoms with Crippen LogP contribution in [0.4, 0.5) is 4.79 Å². The van der Waals surface area contributed by atoms with Gasteiger partial charge in [0.1, 0.15) is 36.1 Å². The standard InChI is InChI=1S/C49H54N8O7/c1-26(2)42(55-49(61)63-6)48(60)57-27(3)12-17-39(57)45-50-22-38(53-45)32-13-15-34-33(19-32)25-64-41-21-35-31(20-36(34)41)14-16-37-44(35)54-46(52-37)40-18-29(24-62-5)23-56(40)47(59)43(51-28(4)58)30-10-8-7-9-11-30/h7-11,13-16,19-22,26-27,29,39-40,42-43H,12,17-18,23-25H2,1-6H3,(H,50,53)(H,51,58)(H,52,54)(H,55,61). The maximum atomic E-state index is 14.4. The normalized spacial score (nSPS) is 20.2. The molecule has 64 heavy (non-hydrogen) atoms. The second kappa shape index (κ2) is 17.4. The van der Waals surface area contributed by atoms with E-state index in [4.69, 9.17) is 24.2 Å². The van der Waals surface area contributed by atoms with Crippen LogP contribution in [-0.4, -0.2) is 93.0 Å². The average Bonchev–Trinajstić information content (AvgIpc) is 4.12. The molecule has 2 fully saturated rings. The van der Waals surface area contributed by atoms with Gasteiger partial charge in [0.05, 0.1) is 48.7 Å². The number of amides is 4. The van der Waals surface area contributed by atoms with Crippen molar-refractivity contribution in [1.82, 2.24) is 40.4 Å². The van der Waals surface area contributed by atoms with Gasteiger partial charge in [0, 0.05) is 43.5 Å². The van der Waals surface area contributed by atoms with Crippen LogP contribution >= 0.6 is 0 Å². The molecule has 332 valence electrons. The Balaban J connectivity index is 0.981. The Morgan fingerprint density at radius 3 is 2.47 bits per heavy atom. The van der Waals surface area contributed by atoms with Crippen molar-refractivity contribution in [2.75, 3.05) is 27.4 Å². The first-order valence-corrected chi connectivity index (χ1v) is 22.0. The zero-order valence-corrected chi connectivity index (χ0v) is 36.9. The van der Waals surface area contributed by atoms with Gasteiger partial charge in [-0.25, -0.2) is 14.8 Å². The highest BCUT2D eigenvalue weighted by atomic mass is 16.5. The van der Waals surface area contributed by atoms with E-state index < -0.39 is 18.2 Å². The fourth-order valence-corrected chi connectivity index (χ4v) is 9.85.